The van der Waals surface area contributed by atoms with E-state index in [2.05, 4.69) is 27.3 Å². The lowest BCUT2D eigenvalue weighted by Gasteiger charge is -2.38. The van der Waals surface area contributed by atoms with Crippen LogP contribution in [0.15, 0.2) is 36.5 Å². The summed E-state index contributed by atoms with van der Waals surface area (Å²) in [6.45, 7) is 6.13. The largest absolute Gasteiger partial charge is 0.496 e. The Morgan fingerprint density at radius 2 is 2.00 bits per heavy atom. The van der Waals surface area contributed by atoms with E-state index in [0.717, 1.165) is 43.8 Å². The van der Waals surface area contributed by atoms with Gasteiger partial charge >= 0.3 is 0 Å². The number of fused-ring (bicyclic) bond motifs is 2. The number of hydrogen-bond donors (Lipinski definition) is 2. The fourth-order valence-electron chi connectivity index (χ4n) is 4.97. The van der Waals surface area contributed by atoms with Gasteiger partial charge in [0.15, 0.2) is 0 Å². The van der Waals surface area contributed by atoms with Crippen LogP contribution in [0.3, 0.4) is 0 Å². The Morgan fingerprint density at radius 3 is 2.65 bits per heavy atom. The molecule has 2 heterocycles. The van der Waals surface area contributed by atoms with Crippen molar-refractivity contribution in [1.29, 1.82) is 0 Å². The van der Waals surface area contributed by atoms with Crippen molar-refractivity contribution in [2.24, 2.45) is 11.8 Å². The molecule has 31 heavy (non-hydrogen) atoms. The maximum Gasteiger partial charge on any atom is 0.253 e. The van der Waals surface area contributed by atoms with Gasteiger partial charge in [-0.25, -0.2) is 4.98 Å². The first-order valence-corrected chi connectivity index (χ1v) is 11.1. The number of nitrogens with one attached hydrogen (secondary N) is 1. The third-order valence-electron chi connectivity index (χ3n) is 6.47. The molecule has 1 amide bonds. The highest BCUT2D eigenvalue weighted by Crippen LogP contribution is 2.37. The van der Waals surface area contributed by atoms with Crippen molar-refractivity contribution in [2.45, 2.75) is 39.0 Å². The molecule has 0 radical (unpaired) electrons. The zero-order valence-electron chi connectivity index (χ0n) is 18.3. The van der Waals surface area contributed by atoms with Crippen molar-refractivity contribution in [1.82, 2.24) is 15.2 Å². The van der Waals surface area contributed by atoms with Gasteiger partial charge < -0.3 is 20.5 Å². The van der Waals surface area contributed by atoms with Crippen LogP contribution in [0, 0.1) is 11.8 Å². The number of anilines is 1. The molecule has 3 N–H and O–H groups in total. The summed E-state index contributed by atoms with van der Waals surface area (Å²) < 4.78 is 11.1. The van der Waals surface area contributed by atoms with E-state index in [1.165, 1.54) is 5.56 Å². The summed E-state index contributed by atoms with van der Waals surface area (Å²) in [7, 11) is 1.70. The number of hydrogen-bond acceptors (Lipinski definition) is 6. The Labute approximate surface area is 183 Å². The van der Waals surface area contributed by atoms with Crippen LogP contribution in [0.5, 0.6) is 5.75 Å². The summed E-state index contributed by atoms with van der Waals surface area (Å²) in [5.41, 5.74) is 8.55. The van der Waals surface area contributed by atoms with Crippen LogP contribution in [0.2, 0.25) is 0 Å². The summed E-state index contributed by atoms with van der Waals surface area (Å²) in [5.74, 6) is 2.19. The second-order valence-electron chi connectivity index (χ2n) is 8.55. The minimum Gasteiger partial charge on any atom is -0.496 e. The van der Waals surface area contributed by atoms with E-state index in [0.29, 0.717) is 36.4 Å². The van der Waals surface area contributed by atoms with Crippen LogP contribution in [0.25, 0.3) is 0 Å². The Morgan fingerprint density at radius 1 is 1.23 bits per heavy atom. The summed E-state index contributed by atoms with van der Waals surface area (Å²) >= 11 is 0. The van der Waals surface area contributed by atoms with Gasteiger partial charge in [0.1, 0.15) is 11.6 Å². The number of pyridine rings is 1. The second kappa shape index (κ2) is 9.66. The summed E-state index contributed by atoms with van der Waals surface area (Å²) in [4.78, 5) is 19.2. The van der Waals surface area contributed by atoms with E-state index in [9.17, 15) is 4.79 Å². The first-order chi connectivity index (χ1) is 15.1. The van der Waals surface area contributed by atoms with Crippen molar-refractivity contribution in [3.63, 3.8) is 0 Å². The predicted octanol–water partition coefficient (Wildman–Crippen LogP) is 2.85. The third-order valence-corrected chi connectivity index (χ3v) is 6.47. The van der Waals surface area contributed by atoms with E-state index in [4.69, 9.17) is 15.2 Å². The van der Waals surface area contributed by atoms with E-state index in [1.54, 1.807) is 25.4 Å². The molecule has 2 fully saturated rings. The van der Waals surface area contributed by atoms with E-state index < -0.39 is 0 Å². The number of methoxy groups -OCH3 is 1. The van der Waals surface area contributed by atoms with Crippen LogP contribution in [-0.4, -0.2) is 48.6 Å². The number of amides is 1. The summed E-state index contributed by atoms with van der Waals surface area (Å²) in [6, 6.07) is 9.99. The number of nitrogen functional groups attached to an aromatic ring is 1. The van der Waals surface area contributed by atoms with Gasteiger partial charge in [-0.3, -0.25) is 9.69 Å². The highest BCUT2D eigenvalue weighted by atomic mass is 16.5. The molecule has 1 aromatic carbocycles. The fourth-order valence-corrected chi connectivity index (χ4v) is 4.97. The molecule has 3 atom stereocenters. The quantitative estimate of drug-likeness (QED) is 0.677. The number of carbonyl (C=O) groups is 1. The van der Waals surface area contributed by atoms with Crippen LogP contribution in [0.1, 0.15) is 41.3 Å². The Kier molecular flexibility index (Phi) is 6.73. The molecule has 1 saturated carbocycles. The van der Waals surface area contributed by atoms with Crippen molar-refractivity contribution in [2.75, 3.05) is 32.5 Å². The smallest absolute Gasteiger partial charge is 0.253 e. The van der Waals surface area contributed by atoms with Crippen LogP contribution in [-0.2, 0) is 17.9 Å². The average Bonchev–Trinajstić information content (AvgIpc) is 3.00. The van der Waals surface area contributed by atoms with Crippen molar-refractivity contribution >= 4 is 11.7 Å². The minimum atomic E-state index is -0.0569. The van der Waals surface area contributed by atoms with Crippen LogP contribution in [0.4, 0.5) is 5.82 Å². The normalized spacial score (nSPS) is 23.0. The molecule has 0 spiro atoms. The average molecular weight is 425 g/mol. The maximum absolute atomic E-state index is 12.7. The molecule has 7 heteroatoms. The lowest BCUT2D eigenvalue weighted by molar-refractivity contribution is 0.0824. The van der Waals surface area contributed by atoms with Crippen LogP contribution < -0.4 is 15.8 Å². The van der Waals surface area contributed by atoms with Crippen molar-refractivity contribution in [3.8, 4) is 5.75 Å². The fraction of sp³-hybridized carbons (Fsp3) is 0.500. The highest BCUT2D eigenvalue weighted by Gasteiger charge is 2.42. The van der Waals surface area contributed by atoms with E-state index in [1.807, 2.05) is 13.0 Å². The SMILES string of the molecule is CCOCc1cc(CN2C[C@H]3CC[C@@H](C2)C3NC(=O)c2ccc(N)nc2)ccc1OC. The molecule has 2 aliphatic rings. The highest BCUT2D eigenvalue weighted by molar-refractivity contribution is 5.94. The molecule has 1 aliphatic carbocycles. The lowest BCUT2D eigenvalue weighted by Crippen LogP contribution is -2.52. The number of ether oxygens (including phenoxy) is 2. The Bertz CT molecular complexity index is 888. The number of nitrogens with two attached hydrogens (primary N) is 1. The number of benzene rings is 1. The van der Waals surface area contributed by atoms with Gasteiger partial charge in [0.05, 0.1) is 19.3 Å². The van der Waals surface area contributed by atoms with Gasteiger partial charge in [-0.1, -0.05) is 6.07 Å². The van der Waals surface area contributed by atoms with Crippen LogP contribution >= 0.6 is 0 Å². The van der Waals surface area contributed by atoms with Crippen molar-refractivity contribution < 1.29 is 14.3 Å². The van der Waals surface area contributed by atoms with Gasteiger partial charge in [0.25, 0.3) is 5.91 Å². The number of carbonyl (C=O) groups excluding carboxylic acids is 1. The molecule has 1 aromatic heterocycles. The zero-order valence-corrected chi connectivity index (χ0v) is 18.3. The van der Waals surface area contributed by atoms with Gasteiger partial charge in [-0.15, -0.1) is 0 Å². The number of likely N-dealkylation sites (tertiary alicyclic amines) is 1. The first-order valence-electron chi connectivity index (χ1n) is 11.1. The standard InChI is InChI=1S/C24H32N4O3/c1-3-31-15-20-10-16(4-8-21(20)30-2)12-28-13-18-5-6-19(14-28)23(18)27-24(29)17-7-9-22(25)26-11-17/h4,7-11,18-19,23H,3,5-6,12-15H2,1-2H3,(H2,25,26)(H,27,29)/t18-,19+,23?. The summed E-state index contributed by atoms with van der Waals surface area (Å²) in [5, 5.41) is 3.27. The Balaban J connectivity index is 1.38. The zero-order chi connectivity index (χ0) is 21.8. The molecule has 2 bridgehead atoms. The number of aromatic nitrogens is 1. The first kappa shape index (κ1) is 21.6. The number of rotatable bonds is 8. The summed E-state index contributed by atoms with van der Waals surface area (Å²) in [6.07, 6.45) is 3.86. The van der Waals surface area contributed by atoms with Crippen molar-refractivity contribution in [3.05, 3.63) is 53.2 Å². The predicted molar refractivity (Wildman–Crippen MR) is 120 cm³/mol. The molecule has 1 unspecified atom stereocenters. The number of piperidine rings is 1. The molecular weight excluding hydrogens is 392 g/mol. The Hall–Kier alpha value is -2.64. The molecule has 1 saturated heterocycles. The van der Waals surface area contributed by atoms with Gasteiger partial charge in [0, 0.05) is 44.0 Å². The lowest BCUT2D eigenvalue weighted by atomic mass is 9.91. The van der Waals surface area contributed by atoms with Gasteiger partial charge in [-0.2, -0.15) is 0 Å². The monoisotopic (exact) mass is 424 g/mol. The molecular formula is C24H32N4O3. The van der Waals surface area contributed by atoms with Gasteiger partial charge in [-0.05, 0) is 61.4 Å². The van der Waals surface area contributed by atoms with Gasteiger partial charge in [0.2, 0.25) is 0 Å². The molecule has 7 nitrogen and oxygen atoms in total. The number of nitrogens with zero attached hydrogens (tertiary/aromatic N) is 2. The third kappa shape index (κ3) is 4.99. The second-order valence-corrected chi connectivity index (χ2v) is 8.55. The van der Waals surface area contributed by atoms with E-state index >= 15 is 0 Å². The molecule has 4 rings (SSSR count). The maximum atomic E-state index is 12.7. The molecule has 1 aliphatic heterocycles. The topological polar surface area (TPSA) is 89.7 Å². The molecule has 2 aromatic rings. The molecule has 166 valence electrons. The van der Waals surface area contributed by atoms with E-state index in [-0.39, 0.29) is 11.9 Å². The minimum absolute atomic E-state index is 0.0569.